The molecule has 0 fully saturated rings. The molecule has 1 N–H and O–H groups in total. The van der Waals surface area contributed by atoms with Gasteiger partial charge in [0.25, 0.3) is 0 Å². The number of benzene rings is 1. The number of hydrogen-bond acceptors (Lipinski definition) is 5. The fourth-order valence-electron chi connectivity index (χ4n) is 1.44. The van der Waals surface area contributed by atoms with Crippen LogP contribution in [-0.2, 0) is 0 Å². The number of nitrogens with one attached hydrogen (secondary N) is 1. The summed E-state index contributed by atoms with van der Waals surface area (Å²) in [5.41, 5.74) is 0.547. The van der Waals surface area contributed by atoms with E-state index in [2.05, 4.69) is 15.2 Å². The molecule has 7 heteroatoms. The van der Waals surface area contributed by atoms with Gasteiger partial charge in [-0.1, -0.05) is 23.4 Å². The van der Waals surface area contributed by atoms with E-state index in [-0.39, 0.29) is 11.5 Å². The number of ether oxygens (including phenoxy) is 1. The lowest BCUT2D eigenvalue weighted by Crippen LogP contribution is -2.03. The van der Waals surface area contributed by atoms with E-state index in [0.717, 1.165) is 5.82 Å². The predicted octanol–water partition coefficient (Wildman–Crippen LogP) is 2.75. The zero-order valence-electron chi connectivity index (χ0n) is 10.4. The molecule has 19 heavy (non-hydrogen) atoms. The van der Waals surface area contributed by atoms with E-state index in [1.807, 2.05) is 6.92 Å². The molecule has 1 aromatic heterocycles. The van der Waals surface area contributed by atoms with Gasteiger partial charge in [-0.25, -0.2) is 4.98 Å². The van der Waals surface area contributed by atoms with Gasteiger partial charge in [0.05, 0.1) is 17.9 Å². The minimum absolute atomic E-state index is 0.0305. The molecule has 0 aliphatic heterocycles. The minimum Gasteiger partial charge on any atom is -0.495 e. The summed E-state index contributed by atoms with van der Waals surface area (Å²) < 4.78 is 5.04. The Hall–Kier alpha value is -1.53. The number of nitrogens with zero attached hydrogens (tertiary/aromatic N) is 2. The quantitative estimate of drug-likeness (QED) is 0.679. The van der Waals surface area contributed by atoms with Crippen molar-refractivity contribution in [1.82, 2.24) is 15.2 Å². The van der Waals surface area contributed by atoms with Crippen LogP contribution in [-0.4, -0.2) is 33.8 Å². The van der Waals surface area contributed by atoms with Gasteiger partial charge in [-0.2, -0.15) is 0 Å². The standard InChI is InChI=1S/C12H12ClN3O2S/c1-7-14-12(16-15-7)19-6-10(17)8-3-4-11(18-2)9(13)5-8/h3-5H,6H2,1-2H3,(H,14,15,16). The number of rotatable bonds is 5. The van der Waals surface area contributed by atoms with E-state index >= 15 is 0 Å². The molecule has 0 unspecified atom stereocenters. The van der Waals surface area contributed by atoms with Gasteiger partial charge < -0.3 is 4.74 Å². The van der Waals surface area contributed by atoms with Crippen molar-refractivity contribution in [3.63, 3.8) is 0 Å². The molecular weight excluding hydrogens is 286 g/mol. The highest BCUT2D eigenvalue weighted by Gasteiger charge is 2.11. The van der Waals surface area contributed by atoms with Crippen molar-refractivity contribution in [1.29, 1.82) is 0 Å². The molecular formula is C12H12ClN3O2S. The topological polar surface area (TPSA) is 67.9 Å². The summed E-state index contributed by atoms with van der Waals surface area (Å²) in [6, 6.07) is 4.97. The maximum atomic E-state index is 12.0. The summed E-state index contributed by atoms with van der Waals surface area (Å²) in [4.78, 5) is 16.1. The number of carbonyl (C=O) groups excluding carboxylic acids is 1. The van der Waals surface area contributed by atoms with Gasteiger partial charge in [-0.05, 0) is 25.1 Å². The Labute approximate surface area is 119 Å². The zero-order valence-corrected chi connectivity index (χ0v) is 12.0. The van der Waals surface area contributed by atoms with E-state index in [1.54, 1.807) is 18.2 Å². The highest BCUT2D eigenvalue weighted by molar-refractivity contribution is 7.99. The number of hydrogen-bond donors (Lipinski definition) is 1. The first-order chi connectivity index (χ1) is 9.10. The summed E-state index contributed by atoms with van der Waals surface area (Å²) in [5, 5.41) is 7.66. The van der Waals surface area contributed by atoms with Crippen molar-refractivity contribution >= 4 is 29.1 Å². The molecule has 0 spiro atoms. The lowest BCUT2D eigenvalue weighted by Gasteiger charge is -2.04. The Morgan fingerprint density at radius 1 is 1.53 bits per heavy atom. The van der Waals surface area contributed by atoms with Gasteiger partial charge in [-0.15, -0.1) is 5.10 Å². The SMILES string of the molecule is COc1ccc(C(=O)CSc2n[nH]c(C)n2)cc1Cl. The largest absolute Gasteiger partial charge is 0.495 e. The number of aromatic amines is 1. The van der Waals surface area contributed by atoms with Crippen molar-refractivity contribution in [2.75, 3.05) is 12.9 Å². The molecule has 0 aliphatic carbocycles. The lowest BCUT2D eigenvalue weighted by molar-refractivity contribution is 0.102. The fourth-order valence-corrected chi connectivity index (χ4v) is 2.44. The van der Waals surface area contributed by atoms with Crippen LogP contribution in [0.15, 0.2) is 23.4 Å². The molecule has 5 nitrogen and oxygen atoms in total. The minimum atomic E-state index is -0.0305. The van der Waals surface area contributed by atoms with E-state index in [1.165, 1.54) is 18.9 Å². The van der Waals surface area contributed by atoms with Crippen LogP contribution in [0.3, 0.4) is 0 Å². The molecule has 2 rings (SSSR count). The maximum absolute atomic E-state index is 12.0. The smallest absolute Gasteiger partial charge is 0.208 e. The van der Waals surface area contributed by atoms with Gasteiger partial charge in [0, 0.05) is 5.56 Å². The molecule has 0 radical (unpaired) electrons. The number of carbonyl (C=O) groups is 1. The van der Waals surface area contributed by atoms with Crippen LogP contribution in [0, 0.1) is 6.92 Å². The van der Waals surface area contributed by atoms with Gasteiger partial charge >= 0.3 is 0 Å². The number of thioether (sulfide) groups is 1. The zero-order chi connectivity index (χ0) is 13.8. The Kier molecular flexibility index (Phi) is 4.44. The van der Waals surface area contributed by atoms with Crippen LogP contribution < -0.4 is 4.74 Å². The highest BCUT2D eigenvalue weighted by atomic mass is 35.5. The first-order valence-electron chi connectivity index (χ1n) is 5.48. The summed E-state index contributed by atoms with van der Waals surface area (Å²) >= 11 is 7.26. The summed E-state index contributed by atoms with van der Waals surface area (Å²) in [6.07, 6.45) is 0. The van der Waals surface area contributed by atoms with Gasteiger partial charge in [0.15, 0.2) is 5.78 Å². The molecule has 0 saturated heterocycles. The molecule has 0 bridgehead atoms. The molecule has 0 amide bonds. The van der Waals surface area contributed by atoms with Crippen LogP contribution >= 0.6 is 23.4 Å². The number of aryl methyl sites for hydroxylation is 1. The normalized spacial score (nSPS) is 10.5. The molecule has 100 valence electrons. The Bertz CT molecular complexity index is 600. The third kappa shape index (κ3) is 3.48. The van der Waals surface area contributed by atoms with Crippen LogP contribution in [0.5, 0.6) is 5.75 Å². The number of ketones is 1. The van der Waals surface area contributed by atoms with E-state index in [4.69, 9.17) is 16.3 Å². The number of Topliss-reactive ketones (excluding diaryl/α,β-unsaturated/α-hetero) is 1. The fraction of sp³-hybridized carbons (Fsp3) is 0.250. The van der Waals surface area contributed by atoms with E-state index in [9.17, 15) is 4.79 Å². The summed E-state index contributed by atoms with van der Waals surface area (Å²) in [6.45, 7) is 1.81. The van der Waals surface area contributed by atoms with E-state index < -0.39 is 0 Å². The number of halogens is 1. The molecule has 2 aromatic rings. The third-order valence-corrected chi connectivity index (χ3v) is 3.53. The van der Waals surface area contributed by atoms with Crippen molar-refractivity contribution in [3.8, 4) is 5.75 Å². The molecule has 1 heterocycles. The first kappa shape index (κ1) is 13.9. The van der Waals surface area contributed by atoms with Crippen LogP contribution in [0.25, 0.3) is 0 Å². The summed E-state index contributed by atoms with van der Waals surface area (Å²) in [7, 11) is 1.53. The Morgan fingerprint density at radius 2 is 2.32 bits per heavy atom. The maximum Gasteiger partial charge on any atom is 0.208 e. The third-order valence-electron chi connectivity index (χ3n) is 2.38. The average molecular weight is 298 g/mol. The molecule has 1 aromatic carbocycles. The Balaban J connectivity index is 2.01. The predicted molar refractivity (Wildman–Crippen MR) is 74.2 cm³/mol. The second-order valence-electron chi connectivity index (χ2n) is 3.76. The van der Waals surface area contributed by atoms with Crippen LogP contribution in [0.1, 0.15) is 16.2 Å². The van der Waals surface area contributed by atoms with Gasteiger partial charge in [0.1, 0.15) is 11.6 Å². The van der Waals surface area contributed by atoms with E-state index in [0.29, 0.717) is 21.5 Å². The van der Waals surface area contributed by atoms with Crippen molar-refractivity contribution in [2.45, 2.75) is 12.1 Å². The summed E-state index contributed by atoms with van der Waals surface area (Å²) in [5.74, 6) is 1.51. The second-order valence-corrected chi connectivity index (χ2v) is 5.11. The first-order valence-corrected chi connectivity index (χ1v) is 6.85. The Morgan fingerprint density at radius 3 is 2.89 bits per heavy atom. The lowest BCUT2D eigenvalue weighted by atomic mass is 10.1. The van der Waals surface area contributed by atoms with Crippen LogP contribution in [0.2, 0.25) is 5.02 Å². The second kappa shape index (κ2) is 6.08. The van der Waals surface area contributed by atoms with Crippen molar-refractivity contribution < 1.29 is 9.53 Å². The average Bonchev–Trinajstić information content (AvgIpc) is 2.81. The van der Waals surface area contributed by atoms with Crippen molar-refractivity contribution in [2.24, 2.45) is 0 Å². The monoisotopic (exact) mass is 297 g/mol. The molecule has 0 atom stereocenters. The van der Waals surface area contributed by atoms with Gasteiger partial charge in [-0.3, -0.25) is 9.89 Å². The highest BCUT2D eigenvalue weighted by Crippen LogP contribution is 2.25. The number of H-pyrrole nitrogens is 1. The number of methoxy groups -OCH3 is 1. The molecule has 0 saturated carbocycles. The van der Waals surface area contributed by atoms with Gasteiger partial charge in [0.2, 0.25) is 5.16 Å². The molecule has 0 aliphatic rings. The van der Waals surface area contributed by atoms with Crippen molar-refractivity contribution in [3.05, 3.63) is 34.6 Å². The van der Waals surface area contributed by atoms with Crippen LogP contribution in [0.4, 0.5) is 0 Å². The number of aromatic nitrogens is 3.